The Morgan fingerprint density at radius 1 is 1.23 bits per heavy atom. The lowest BCUT2D eigenvalue weighted by atomic mass is 10.0. The molecule has 1 unspecified atom stereocenters. The molecule has 1 aliphatic rings. The first kappa shape index (κ1) is 24.3. The Labute approximate surface area is 201 Å². The van der Waals surface area contributed by atoms with Crippen LogP contribution < -0.4 is 21.3 Å². The number of ether oxygens (including phenoxy) is 1. The van der Waals surface area contributed by atoms with Crippen LogP contribution in [0.3, 0.4) is 0 Å². The zero-order valence-corrected chi connectivity index (χ0v) is 19.9. The Morgan fingerprint density at radius 2 is 1.86 bits per heavy atom. The molecule has 35 heavy (non-hydrogen) atoms. The van der Waals surface area contributed by atoms with Gasteiger partial charge in [-0.25, -0.2) is 8.78 Å². The number of carbonyl (C=O) groups is 1. The first-order chi connectivity index (χ1) is 16.5. The highest BCUT2D eigenvalue weighted by molar-refractivity contribution is 5.99. The number of pyridine rings is 1. The van der Waals surface area contributed by atoms with E-state index in [1.165, 1.54) is 12.1 Å². The third kappa shape index (κ3) is 4.34. The molecule has 4 N–H and O–H groups in total. The minimum atomic E-state index is -3.03. The van der Waals surface area contributed by atoms with E-state index in [9.17, 15) is 23.5 Å². The molecule has 1 fully saturated rings. The van der Waals surface area contributed by atoms with Crippen molar-refractivity contribution in [2.45, 2.75) is 45.1 Å². The highest BCUT2D eigenvalue weighted by Gasteiger charge is 2.59. The number of aromatic nitrogens is 1. The maximum absolute atomic E-state index is 14.0. The smallest absolute Gasteiger partial charge is 0.260 e. The molecule has 2 atom stereocenters. The fourth-order valence-electron chi connectivity index (χ4n) is 4.27. The van der Waals surface area contributed by atoms with Gasteiger partial charge in [-0.3, -0.25) is 14.2 Å². The summed E-state index contributed by atoms with van der Waals surface area (Å²) in [4.78, 5) is 26.7. The van der Waals surface area contributed by atoms with Gasteiger partial charge in [-0.05, 0) is 56.2 Å². The summed E-state index contributed by atoms with van der Waals surface area (Å²) >= 11 is 0. The van der Waals surface area contributed by atoms with E-state index in [0.29, 0.717) is 16.9 Å². The van der Waals surface area contributed by atoms with Gasteiger partial charge in [0, 0.05) is 17.5 Å². The molecule has 7 nitrogen and oxygen atoms in total. The highest BCUT2D eigenvalue weighted by Crippen LogP contribution is 2.55. The summed E-state index contributed by atoms with van der Waals surface area (Å²) in [5.41, 5.74) is 7.30. The zero-order valence-electron chi connectivity index (χ0n) is 19.9. The predicted octanol–water partition coefficient (Wildman–Crippen LogP) is 4.36. The van der Waals surface area contributed by atoms with Gasteiger partial charge in [0.05, 0.1) is 30.3 Å². The number of phenolic OH excluding ortho intramolecular Hbond substituents is 1. The number of halogens is 2. The summed E-state index contributed by atoms with van der Waals surface area (Å²) in [6, 6.07) is 10.9. The largest absolute Gasteiger partial charge is 0.508 e. The molecule has 0 bridgehead atoms. The number of nitrogens with two attached hydrogens (primary N) is 1. The molecule has 0 aliphatic heterocycles. The molecule has 1 amide bonds. The van der Waals surface area contributed by atoms with Crippen molar-refractivity contribution < 1.29 is 23.4 Å². The lowest BCUT2D eigenvalue weighted by Crippen LogP contribution is -2.33. The van der Waals surface area contributed by atoms with Gasteiger partial charge in [0.1, 0.15) is 17.3 Å². The van der Waals surface area contributed by atoms with Crippen molar-refractivity contribution in [1.29, 1.82) is 0 Å². The number of carbonyl (C=O) groups excluding carboxylic acids is 1. The van der Waals surface area contributed by atoms with Crippen molar-refractivity contribution in [3.05, 3.63) is 80.6 Å². The number of nitrogen functional groups attached to an aromatic ring is 1. The highest BCUT2D eigenvalue weighted by atomic mass is 19.3. The molecular formula is C26H27F2N3O4. The number of alkyl halides is 2. The second-order valence-electron chi connectivity index (χ2n) is 8.90. The van der Waals surface area contributed by atoms with Crippen LogP contribution >= 0.6 is 0 Å². The fraction of sp³-hybridized carbons (Fsp3) is 0.308. The minimum Gasteiger partial charge on any atom is -0.508 e. The van der Waals surface area contributed by atoms with Gasteiger partial charge in [0.2, 0.25) is 0 Å². The first-order valence-electron chi connectivity index (χ1n) is 11.1. The van der Waals surface area contributed by atoms with Gasteiger partial charge in [-0.1, -0.05) is 18.2 Å². The van der Waals surface area contributed by atoms with Gasteiger partial charge < -0.3 is 20.9 Å². The summed E-state index contributed by atoms with van der Waals surface area (Å²) in [6.07, 6.45) is -0.479. The number of aryl methyl sites for hydroxylation is 1. The van der Waals surface area contributed by atoms with Crippen LogP contribution in [0, 0.1) is 13.8 Å². The fourth-order valence-corrected chi connectivity index (χ4v) is 4.27. The maximum Gasteiger partial charge on any atom is 0.260 e. The van der Waals surface area contributed by atoms with E-state index in [1.54, 1.807) is 58.2 Å². The predicted molar refractivity (Wildman–Crippen MR) is 129 cm³/mol. The number of amides is 1. The van der Waals surface area contributed by atoms with Crippen LogP contribution in [-0.2, 0) is 0 Å². The van der Waals surface area contributed by atoms with Gasteiger partial charge in [0.15, 0.2) is 0 Å². The van der Waals surface area contributed by atoms with Gasteiger partial charge in [-0.2, -0.15) is 0 Å². The summed E-state index contributed by atoms with van der Waals surface area (Å²) in [5, 5.41) is 13.1. The second-order valence-corrected chi connectivity index (χ2v) is 8.90. The second kappa shape index (κ2) is 8.72. The molecule has 1 heterocycles. The van der Waals surface area contributed by atoms with Crippen LogP contribution in [-0.4, -0.2) is 28.6 Å². The average Bonchev–Trinajstić information content (AvgIpc) is 3.45. The van der Waals surface area contributed by atoms with Crippen molar-refractivity contribution in [1.82, 2.24) is 9.88 Å². The van der Waals surface area contributed by atoms with Crippen LogP contribution in [0.15, 0.2) is 47.3 Å². The minimum absolute atomic E-state index is 0.0850. The van der Waals surface area contributed by atoms with E-state index in [1.807, 2.05) is 0 Å². The van der Waals surface area contributed by atoms with E-state index in [0.717, 1.165) is 10.1 Å². The number of nitrogens with one attached hydrogen (secondary N) is 1. The number of anilines is 1. The Morgan fingerprint density at radius 3 is 2.43 bits per heavy atom. The van der Waals surface area contributed by atoms with Crippen molar-refractivity contribution >= 4 is 11.7 Å². The molecule has 1 aromatic heterocycles. The van der Waals surface area contributed by atoms with E-state index in [-0.39, 0.29) is 28.4 Å². The third-order valence-electron chi connectivity index (χ3n) is 6.50. The number of hydrogen-bond acceptors (Lipinski definition) is 5. The van der Waals surface area contributed by atoms with Crippen molar-refractivity contribution in [3.63, 3.8) is 0 Å². The van der Waals surface area contributed by atoms with Crippen LogP contribution in [0.4, 0.5) is 14.6 Å². The quantitative estimate of drug-likeness (QED) is 0.483. The van der Waals surface area contributed by atoms with E-state index in [4.69, 9.17) is 10.5 Å². The van der Waals surface area contributed by atoms with Crippen molar-refractivity contribution in [3.8, 4) is 17.2 Å². The normalized spacial score (nSPS) is 17.0. The van der Waals surface area contributed by atoms with E-state index < -0.39 is 35.8 Å². The molecule has 4 rings (SSSR count). The molecule has 1 saturated carbocycles. The van der Waals surface area contributed by atoms with Crippen LogP contribution in [0.1, 0.15) is 57.9 Å². The molecule has 0 radical (unpaired) electrons. The van der Waals surface area contributed by atoms with Crippen LogP contribution in [0.25, 0.3) is 5.69 Å². The Hall–Kier alpha value is -3.88. The molecule has 2 aromatic carbocycles. The number of benzene rings is 2. The van der Waals surface area contributed by atoms with Gasteiger partial charge in [0.25, 0.3) is 17.4 Å². The molecular weight excluding hydrogens is 456 g/mol. The number of nitrogens with zero attached hydrogens (tertiary/aromatic N) is 1. The molecule has 9 heteroatoms. The lowest BCUT2D eigenvalue weighted by molar-refractivity contribution is 0.0938. The van der Waals surface area contributed by atoms with Crippen molar-refractivity contribution in [2.24, 2.45) is 0 Å². The third-order valence-corrected chi connectivity index (χ3v) is 6.50. The van der Waals surface area contributed by atoms with Crippen molar-refractivity contribution in [2.75, 3.05) is 12.8 Å². The molecule has 184 valence electrons. The standard InChI is InChI=1S/C26H27F2N3O4/c1-13-5-10-21(32)14(2)22(13)31-23(29)19(11-18(25(31)34)20-12-26(20,27)28)24(33)30-15(3)16-6-8-17(35-4)9-7-16/h5-11,15,20,32H,12,29H2,1-4H3,(H,30,33)/t15-,20?/m1/s1. The lowest BCUT2D eigenvalue weighted by Gasteiger charge is -2.21. The number of hydrogen-bond donors (Lipinski definition) is 3. The van der Waals surface area contributed by atoms with Gasteiger partial charge >= 0.3 is 0 Å². The van der Waals surface area contributed by atoms with Crippen LogP contribution in [0.2, 0.25) is 0 Å². The Kier molecular flexibility index (Phi) is 6.04. The summed E-state index contributed by atoms with van der Waals surface area (Å²) in [5.74, 6) is -4.56. The average molecular weight is 484 g/mol. The molecule has 3 aromatic rings. The monoisotopic (exact) mass is 483 g/mol. The number of aromatic hydroxyl groups is 1. The molecule has 1 aliphatic carbocycles. The first-order valence-corrected chi connectivity index (χ1v) is 11.1. The summed E-state index contributed by atoms with van der Waals surface area (Å²) in [7, 11) is 1.55. The molecule has 0 saturated heterocycles. The number of rotatable bonds is 6. The Bertz CT molecular complexity index is 1370. The zero-order chi connectivity index (χ0) is 25.7. The van der Waals surface area contributed by atoms with Gasteiger partial charge in [-0.15, -0.1) is 0 Å². The maximum atomic E-state index is 14.0. The molecule has 0 spiro atoms. The number of phenols is 1. The SMILES string of the molecule is COc1ccc([C@@H](C)NC(=O)c2cc(C3CC3(F)F)c(=O)n(-c3c(C)ccc(O)c3C)c2N)cc1. The Balaban J connectivity index is 1.82. The van der Waals surface area contributed by atoms with Crippen LogP contribution in [0.5, 0.6) is 11.5 Å². The van der Waals surface area contributed by atoms with E-state index >= 15 is 0 Å². The van der Waals surface area contributed by atoms with E-state index in [2.05, 4.69) is 5.32 Å². The topological polar surface area (TPSA) is 107 Å². The summed E-state index contributed by atoms with van der Waals surface area (Å²) in [6.45, 7) is 5.07. The number of methoxy groups -OCH3 is 1. The summed E-state index contributed by atoms with van der Waals surface area (Å²) < 4.78 is 34.2.